The van der Waals surface area contributed by atoms with Crippen LogP contribution < -0.4 is 10.1 Å². The summed E-state index contributed by atoms with van der Waals surface area (Å²) in [6, 6.07) is 5.44. The number of hydrogen-bond donors (Lipinski definition) is 1. The van der Waals surface area contributed by atoms with Crippen molar-refractivity contribution in [3.8, 4) is 5.75 Å². The average molecular weight is 327 g/mol. The van der Waals surface area contributed by atoms with Gasteiger partial charge in [-0.1, -0.05) is 15.9 Å². The molecule has 2 rings (SSSR count). The van der Waals surface area contributed by atoms with Gasteiger partial charge in [0.2, 0.25) is 0 Å². The van der Waals surface area contributed by atoms with Crippen molar-refractivity contribution in [2.24, 2.45) is 5.92 Å². The Labute approximate surface area is 122 Å². The Balaban J connectivity index is 1.97. The Bertz CT molecular complexity index is 465. The third-order valence-corrected chi connectivity index (χ3v) is 3.94. The van der Waals surface area contributed by atoms with Gasteiger partial charge in [0.15, 0.2) is 0 Å². The molecule has 1 aromatic carbocycles. The van der Waals surface area contributed by atoms with Crippen molar-refractivity contribution in [1.82, 2.24) is 10.2 Å². The van der Waals surface area contributed by atoms with Gasteiger partial charge in [-0.3, -0.25) is 4.79 Å². The molecule has 1 aromatic rings. The number of likely N-dealkylation sites (tertiary alicyclic amines) is 1. The number of ether oxygens (including phenoxy) is 1. The smallest absolute Gasteiger partial charge is 0.255 e. The van der Waals surface area contributed by atoms with Gasteiger partial charge in [-0.15, -0.1) is 0 Å². The molecule has 0 aliphatic carbocycles. The number of methoxy groups -OCH3 is 1. The van der Waals surface area contributed by atoms with E-state index >= 15 is 0 Å². The van der Waals surface area contributed by atoms with Crippen LogP contribution in [0.5, 0.6) is 5.75 Å². The monoisotopic (exact) mass is 326 g/mol. The van der Waals surface area contributed by atoms with Crippen LogP contribution >= 0.6 is 15.9 Å². The largest absolute Gasteiger partial charge is 0.496 e. The van der Waals surface area contributed by atoms with Crippen LogP contribution in [0.4, 0.5) is 0 Å². The molecule has 1 amide bonds. The molecule has 1 atom stereocenters. The number of nitrogens with one attached hydrogen (secondary N) is 1. The number of hydrogen-bond acceptors (Lipinski definition) is 3. The highest BCUT2D eigenvalue weighted by Crippen LogP contribution is 2.23. The van der Waals surface area contributed by atoms with Crippen molar-refractivity contribution in [2.45, 2.75) is 6.42 Å². The van der Waals surface area contributed by atoms with Gasteiger partial charge < -0.3 is 15.0 Å². The lowest BCUT2D eigenvalue weighted by Gasteiger charge is -2.13. The molecule has 1 heterocycles. The van der Waals surface area contributed by atoms with Gasteiger partial charge in [0, 0.05) is 17.6 Å². The quantitative estimate of drug-likeness (QED) is 0.921. The molecule has 1 fully saturated rings. The molecule has 0 aromatic heterocycles. The van der Waals surface area contributed by atoms with E-state index in [9.17, 15) is 4.79 Å². The van der Waals surface area contributed by atoms with Gasteiger partial charge in [-0.25, -0.2) is 0 Å². The van der Waals surface area contributed by atoms with E-state index in [0.717, 1.165) is 30.5 Å². The van der Waals surface area contributed by atoms with E-state index < -0.39 is 0 Å². The SMILES string of the molecule is COc1ccc(Br)cc1C(=O)NCC1CCN(C)C1. The summed E-state index contributed by atoms with van der Waals surface area (Å²) in [6.07, 6.45) is 1.15. The lowest BCUT2D eigenvalue weighted by Crippen LogP contribution is -2.30. The summed E-state index contributed by atoms with van der Waals surface area (Å²) >= 11 is 3.38. The summed E-state index contributed by atoms with van der Waals surface area (Å²) in [4.78, 5) is 14.5. The van der Waals surface area contributed by atoms with Crippen LogP contribution in [0.2, 0.25) is 0 Å². The van der Waals surface area contributed by atoms with Gasteiger partial charge in [-0.2, -0.15) is 0 Å². The average Bonchev–Trinajstić information content (AvgIpc) is 2.81. The number of rotatable bonds is 4. The third-order valence-electron chi connectivity index (χ3n) is 3.45. The fourth-order valence-electron chi connectivity index (χ4n) is 2.38. The van der Waals surface area contributed by atoms with Gasteiger partial charge in [0.1, 0.15) is 5.75 Å². The fourth-order valence-corrected chi connectivity index (χ4v) is 2.74. The Kier molecular flexibility index (Phi) is 4.82. The highest BCUT2D eigenvalue weighted by atomic mass is 79.9. The second-order valence-corrected chi connectivity index (χ2v) is 5.89. The first kappa shape index (κ1) is 14.3. The maximum Gasteiger partial charge on any atom is 0.255 e. The lowest BCUT2D eigenvalue weighted by atomic mass is 10.1. The summed E-state index contributed by atoms with van der Waals surface area (Å²) < 4.78 is 6.09. The molecule has 104 valence electrons. The number of benzene rings is 1. The molecule has 1 aliphatic rings. The molecule has 4 nitrogen and oxygen atoms in total. The van der Waals surface area contributed by atoms with Crippen molar-refractivity contribution >= 4 is 21.8 Å². The molecule has 0 saturated carbocycles. The third kappa shape index (κ3) is 3.70. The summed E-state index contributed by atoms with van der Waals surface area (Å²) in [5.74, 6) is 1.07. The number of amides is 1. The maximum absolute atomic E-state index is 12.2. The minimum absolute atomic E-state index is 0.0762. The molecule has 0 bridgehead atoms. The second kappa shape index (κ2) is 6.39. The van der Waals surface area contributed by atoms with Gasteiger partial charge in [0.05, 0.1) is 12.7 Å². The standard InChI is InChI=1S/C14H19BrN2O2/c1-17-6-5-10(9-17)8-16-14(18)12-7-11(15)3-4-13(12)19-2/h3-4,7,10H,5-6,8-9H2,1-2H3,(H,16,18). The fraction of sp³-hybridized carbons (Fsp3) is 0.500. The van der Waals surface area contributed by atoms with E-state index in [2.05, 4.69) is 33.2 Å². The molecule has 5 heteroatoms. The predicted molar refractivity (Wildman–Crippen MR) is 78.6 cm³/mol. The van der Waals surface area contributed by atoms with E-state index in [1.165, 1.54) is 0 Å². The first-order valence-corrected chi connectivity index (χ1v) is 7.19. The zero-order chi connectivity index (χ0) is 13.8. The number of carbonyl (C=O) groups is 1. The second-order valence-electron chi connectivity index (χ2n) is 4.97. The molecule has 1 saturated heterocycles. The minimum Gasteiger partial charge on any atom is -0.496 e. The first-order chi connectivity index (χ1) is 9.10. The van der Waals surface area contributed by atoms with Gasteiger partial charge >= 0.3 is 0 Å². The number of nitrogens with zero attached hydrogens (tertiary/aromatic N) is 1. The van der Waals surface area contributed by atoms with Crippen molar-refractivity contribution < 1.29 is 9.53 Å². The van der Waals surface area contributed by atoms with E-state index in [-0.39, 0.29) is 5.91 Å². The van der Waals surface area contributed by atoms with Crippen LogP contribution in [0.25, 0.3) is 0 Å². The highest BCUT2D eigenvalue weighted by Gasteiger charge is 2.21. The van der Waals surface area contributed by atoms with Crippen LogP contribution in [0.3, 0.4) is 0 Å². The predicted octanol–water partition coefficient (Wildman–Crippen LogP) is 2.14. The summed E-state index contributed by atoms with van der Waals surface area (Å²) in [7, 11) is 3.69. The van der Waals surface area contributed by atoms with Crippen molar-refractivity contribution in [1.29, 1.82) is 0 Å². The highest BCUT2D eigenvalue weighted by molar-refractivity contribution is 9.10. The molecule has 1 N–H and O–H groups in total. The first-order valence-electron chi connectivity index (χ1n) is 6.40. The molecule has 1 aliphatic heterocycles. The normalized spacial score (nSPS) is 19.4. The van der Waals surface area contributed by atoms with Gasteiger partial charge in [-0.05, 0) is 44.1 Å². The van der Waals surface area contributed by atoms with Crippen LogP contribution in [0, 0.1) is 5.92 Å². The number of halogens is 1. The van der Waals surface area contributed by atoms with Gasteiger partial charge in [0.25, 0.3) is 5.91 Å². The molecular formula is C14H19BrN2O2. The summed E-state index contributed by atoms with van der Waals surface area (Å²) in [5.41, 5.74) is 0.572. The Morgan fingerprint density at radius 2 is 2.37 bits per heavy atom. The van der Waals surface area contributed by atoms with E-state index in [0.29, 0.717) is 17.2 Å². The Morgan fingerprint density at radius 3 is 3.00 bits per heavy atom. The van der Waals surface area contributed by atoms with Crippen LogP contribution in [-0.2, 0) is 0 Å². The molecule has 1 unspecified atom stereocenters. The van der Waals surface area contributed by atoms with Crippen molar-refractivity contribution in [3.05, 3.63) is 28.2 Å². The number of carbonyl (C=O) groups excluding carboxylic acids is 1. The zero-order valence-electron chi connectivity index (χ0n) is 11.3. The lowest BCUT2D eigenvalue weighted by molar-refractivity contribution is 0.0944. The molecule has 19 heavy (non-hydrogen) atoms. The minimum atomic E-state index is -0.0762. The van der Waals surface area contributed by atoms with Crippen LogP contribution in [0.15, 0.2) is 22.7 Å². The topological polar surface area (TPSA) is 41.6 Å². The Morgan fingerprint density at radius 1 is 1.58 bits per heavy atom. The summed E-state index contributed by atoms with van der Waals surface area (Å²) in [6.45, 7) is 2.88. The molecule has 0 radical (unpaired) electrons. The van der Waals surface area contributed by atoms with Crippen LogP contribution in [-0.4, -0.2) is 44.6 Å². The summed E-state index contributed by atoms with van der Waals surface area (Å²) in [5, 5.41) is 3.00. The molecular weight excluding hydrogens is 308 g/mol. The molecule has 0 spiro atoms. The maximum atomic E-state index is 12.2. The van der Waals surface area contributed by atoms with Crippen molar-refractivity contribution in [3.63, 3.8) is 0 Å². The van der Waals surface area contributed by atoms with E-state index in [4.69, 9.17) is 4.74 Å². The Hall–Kier alpha value is -1.07. The van der Waals surface area contributed by atoms with Crippen LogP contribution in [0.1, 0.15) is 16.8 Å². The zero-order valence-corrected chi connectivity index (χ0v) is 12.9. The van der Waals surface area contributed by atoms with E-state index in [1.807, 2.05) is 6.07 Å². The van der Waals surface area contributed by atoms with E-state index in [1.54, 1.807) is 19.2 Å². The van der Waals surface area contributed by atoms with Crippen molar-refractivity contribution in [2.75, 3.05) is 33.8 Å².